The quantitative estimate of drug-likeness (QED) is 0.521. The van der Waals surface area contributed by atoms with E-state index >= 15 is 0 Å². The predicted octanol–water partition coefficient (Wildman–Crippen LogP) is 6.12. The number of carbonyl (C=O) groups excluding carboxylic acids is 2. The van der Waals surface area contributed by atoms with Gasteiger partial charge in [-0.1, -0.05) is 77.6 Å². The maximum atomic E-state index is 12.9. The van der Waals surface area contributed by atoms with Crippen molar-refractivity contribution >= 4 is 11.6 Å². The monoisotopic (exact) mass is 346 g/mol. The Hall–Kier alpha value is -0.660. The van der Waals surface area contributed by atoms with Crippen LogP contribution in [-0.4, -0.2) is 11.6 Å². The van der Waals surface area contributed by atoms with Gasteiger partial charge in [0.25, 0.3) is 0 Å². The first kappa shape index (κ1) is 19.1. The first-order valence-corrected chi connectivity index (χ1v) is 11.3. The van der Waals surface area contributed by atoms with Crippen molar-refractivity contribution in [3.8, 4) is 0 Å². The largest absolute Gasteiger partial charge is 0.291 e. The summed E-state index contributed by atoms with van der Waals surface area (Å²) in [6.07, 6.45) is 17.9. The average molecular weight is 347 g/mol. The summed E-state index contributed by atoms with van der Waals surface area (Å²) in [6, 6.07) is 0. The second-order valence-corrected chi connectivity index (χ2v) is 9.17. The molecule has 2 nitrogen and oxygen atoms in total. The first-order chi connectivity index (χ1) is 12.2. The molecular weight excluding hydrogens is 308 g/mol. The molecule has 5 atom stereocenters. The van der Waals surface area contributed by atoms with Crippen molar-refractivity contribution in [3.63, 3.8) is 0 Å². The minimum absolute atomic E-state index is 0.0134. The second-order valence-electron chi connectivity index (χ2n) is 9.17. The molecule has 3 saturated carbocycles. The molecule has 0 amide bonds. The zero-order chi connectivity index (χ0) is 17.6. The average Bonchev–Trinajstić information content (AvgIpc) is 2.66. The summed E-state index contributed by atoms with van der Waals surface area (Å²) in [5.74, 6) is 2.82. The van der Waals surface area contributed by atoms with E-state index in [1.165, 1.54) is 70.6 Å². The van der Waals surface area contributed by atoms with Crippen molar-refractivity contribution in [3.05, 3.63) is 0 Å². The maximum Gasteiger partial charge on any atom is 0.201 e. The van der Waals surface area contributed by atoms with Crippen LogP contribution in [0.5, 0.6) is 0 Å². The number of Topliss-reactive ketones (excluding diaryl/α,β-unsaturated/α-hetero) is 2. The van der Waals surface area contributed by atoms with Crippen LogP contribution in [0.4, 0.5) is 0 Å². The first-order valence-electron chi connectivity index (χ1n) is 11.3. The molecule has 3 aliphatic carbocycles. The van der Waals surface area contributed by atoms with Gasteiger partial charge in [-0.3, -0.25) is 9.59 Å². The van der Waals surface area contributed by atoms with Crippen LogP contribution in [0.1, 0.15) is 103 Å². The molecule has 142 valence electrons. The molecule has 0 radical (unpaired) electrons. The van der Waals surface area contributed by atoms with Crippen LogP contribution in [0.2, 0.25) is 0 Å². The normalized spacial score (nSPS) is 35.8. The predicted molar refractivity (Wildman–Crippen MR) is 102 cm³/mol. The molecule has 0 aliphatic heterocycles. The number of fused-ring (bicyclic) bond motifs is 1. The topological polar surface area (TPSA) is 34.1 Å². The summed E-state index contributed by atoms with van der Waals surface area (Å²) in [5.41, 5.74) is 0. The highest BCUT2D eigenvalue weighted by molar-refractivity contribution is 6.38. The molecule has 0 aromatic rings. The van der Waals surface area contributed by atoms with Crippen molar-refractivity contribution < 1.29 is 9.59 Å². The van der Waals surface area contributed by atoms with Gasteiger partial charge in [-0.2, -0.15) is 0 Å². The molecule has 0 bridgehead atoms. The Morgan fingerprint density at radius 3 is 2.16 bits per heavy atom. The third-order valence-corrected chi connectivity index (χ3v) is 7.65. The summed E-state index contributed by atoms with van der Waals surface area (Å²) >= 11 is 0. The molecule has 2 heteroatoms. The van der Waals surface area contributed by atoms with Crippen molar-refractivity contribution in [1.29, 1.82) is 0 Å². The molecule has 25 heavy (non-hydrogen) atoms. The van der Waals surface area contributed by atoms with E-state index in [0.29, 0.717) is 18.3 Å². The molecule has 0 aromatic carbocycles. The van der Waals surface area contributed by atoms with Gasteiger partial charge < -0.3 is 0 Å². The number of rotatable bonds is 7. The number of hydrogen-bond acceptors (Lipinski definition) is 2. The minimum atomic E-state index is -0.0305. The minimum Gasteiger partial charge on any atom is -0.291 e. The molecule has 3 rings (SSSR count). The van der Waals surface area contributed by atoms with E-state index in [1.54, 1.807) is 0 Å². The SMILES string of the molecule is CCCC1CCCCC1CCC(=O)C(=O)C1CCCC2CCCCC21. The Balaban J connectivity index is 1.52. The highest BCUT2D eigenvalue weighted by Crippen LogP contribution is 2.44. The summed E-state index contributed by atoms with van der Waals surface area (Å²) in [4.78, 5) is 25.6. The van der Waals surface area contributed by atoms with E-state index in [1.807, 2.05) is 0 Å². The Morgan fingerprint density at radius 1 is 0.760 bits per heavy atom. The van der Waals surface area contributed by atoms with Crippen LogP contribution >= 0.6 is 0 Å². The molecule has 3 aliphatic rings. The zero-order valence-electron chi connectivity index (χ0n) is 16.3. The van der Waals surface area contributed by atoms with Gasteiger partial charge in [0, 0.05) is 12.3 Å². The van der Waals surface area contributed by atoms with Gasteiger partial charge in [-0.15, -0.1) is 0 Å². The smallest absolute Gasteiger partial charge is 0.201 e. The van der Waals surface area contributed by atoms with E-state index in [2.05, 4.69) is 6.92 Å². The van der Waals surface area contributed by atoms with Crippen LogP contribution in [0.3, 0.4) is 0 Å². The Kier molecular flexibility index (Phi) is 7.13. The fraction of sp³-hybridized carbons (Fsp3) is 0.913. The van der Waals surface area contributed by atoms with Gasteiger partial charge in [0.15, 0.2) is 5.78 Å². The molecule has 0 spiro atoms. The van der Waals surface area contributed by atoms with Gasteiger partial charge in [0.05, 0.1) is 0 Å². The van der Waals surface area contributed by atoms with E-state index < -0.39 is 0 Å². The Bertz CT molecular complexity index is 451. The molecule has 0 aromatic heterocycles. The van der Waals surface area contributed by atoms with E-state index in [4.69, 9.17) is 0 Å². The van der Waals surface area contributed by atoms with Gasteiger partial charge in [-0.05, 0) is 42.9 Å². The van der Waals surface area contributed by atoms with Gasteiger partial charge >= 0.3 is 0 Å². The second kappa shape index (κ2) is 9.33. The van der Waals surface area contributed by atoms with Crippen molar-refractivity contribution in [2.45, 2.75) is 103 Å². The van der Waals surface area contributed by atoms with E-state index in [-0.39, 0.29) is 17.5 Å². The lowest BCUT2D eigenvalue weighted by Crippen LogP contribution is -2.38. The zero-order valence-corrected chi connectivity index (χ0v) is 16.3. The molecule has 0 heterocycles. The number of ketones is 2. The maximum absolute atomic E-state index is 12.9. The summed E-state index contributed by atoms with van der Waals surface area (Å²) in [6.45, 7) is 2.27. The van der Waals surface area contributed by atoms with Crippen LogP contribution in [0.25, 0.3) is 0 Å². The fourth-order valence-electron chi connectivity index (χ4n) is 6.33. The van der Waals surface area contributed by atoms with E-state index in [9.17, 15) is 9.59 Å². The summed E-state index contributed by atoms with van der Waals surface area (Å²) < 4.78 is 0. The lowest BCUT2D eigenvalue weighted by Gasteiger charge is -2.40. The molecule has 3 fully saturated rings. The third kappa shape index (κ3) is 4.74. The Morgan fingerprint density at radius 2 is 1.40 bits per heavy atom. The van der Waals surface area contributed by atoms with Crippen LogP contribution in [0.15, 0.2) is 0 Å². The highest BCUT2D eigenvalue weighted by Gasteiger charge is 2.40. The van der Waals surface area contributed by atoms with Gasteiger partial charge in [-0.25, -0.2) is 0 Å². The molecule has 0 N–H and O–H groups in total. The molecule has 0 saturated heterocycles. The van der Waals surface area contributed by atoms with Gasteiger partial charge in [0.2, 0.25) is 5.78 Å². The lowest BCUT2D eigenvalue weighted by atomic mass is 9.64. The molecule has 5 unspecified atom stereocenters. The molecular formula is C23H38O2. The fourth-order valence-corrected chi connectivity index (χ4v) is 6.33. The van der Waals surface area contributed by atoms with Crippen LogP contribution in [-0.2, 0) is 9.59 Å². The standard InChI is InChI=1S/C23H38O2/c1-2-8-17-9-3-4-10-18(17)15-16-22(24)23(25)21-14-7-12-19-11-5-6-13-20(19)21/h17-21H,2-16H2,1H3. The van der Waals surface area contributed by atoms with E-state index in [0.717, 1.165) is 31.1 Å². The third-order valence-electron chi connectivity index (χ3n) is 7.65. The summed E-state index contributed by atoms with van der Waals surface area (Å²) in [7, 11) is 0. The van der Waals surface area contributed by atoms with Gasteiger partial charge in [0.1, 0.15) is 0 Å². The van der Waals surface area contributed by atoms with Crippen molar-refractivity contribution in [1.82, 2.24) is 0 Å². The lowest BCUT2D eigenvalue weighted by molar-refractivity contribution is -0.142. The number of carbonyl (C=O) groups is 2. The van der Waals surface area contributed by atoms with Crippen LogP contribution in [0, 0.1) is 29.6 Å². The Labute approximate surface area is 154 Å². The highest BCUT2D eigenvalue weighted by atomic mass is 16.2. The van der Waals surface area contributed by atoms with Crippen molar-refractivity contribution in [2.24, 2.45) is 29.6 Å². The number of hydrogen-bond donors (Lipinski definition) is 0. The van der Waals surface area contributed by atoms with Crippen LogP contribution < -0.4 is 0 Å². The van der Waals surface area contributed by atoms with Crippen molar-refractivity contribution in [2.75, 3.05) is 0 Å². The summed E-state index contributed by atoms with van der Waals surface area (Å²) in [5, 5.41) is 0.